The summed E-state index contributed by atoms with van der Waals surface area (Å²) in [7, 11) is 1.59. The number of hydrogen-bond donors (Lipinski definition) is 2. The third-order valence-corrected chi connectivity index (χ3v) is 8.93. The average molecular weight is 475 g/mol. The van der Waals surface area contributed by atoms with Gasteiger partial charge in [0.2, 0.25) is 5.91 Å². The quantitative estimate of drug-likeness (QED) is 0.513. The number of aromatic amines is 1. The summed E-state index contributed by atoms with van der Waals surface area (Å²) in [6, 6.07) is 9.07. The van der Waals surface area contributed by atoms with Gasteiger partial charge in [-0.1, -0.05) is 19.1 Å². The number of H-pyrrole nitrogens is 1. The van der Waals surface area contributed by atoms with Gasteiger partial charge in [0.25, 0.3) is 0 Å². The highest BCUT2D eigenvalue weighted by Gasteiger charge is 2.58. The highest BCUT2D eigenvalue weighted by Crippen LogP contribution is 2.64. The molecule has 0 saturated heterocycles. The predicted molar refractivity (Wildman–Crippen MR) is 131 cm³/mol. The van der Waals surface area contributed by atoms with Crippen LogP contribution >= 0.6 is 0 Å². The van der Waals surface area contributed by atoms with Crippen molar-refractivity contribution in [3.05, 3.63) is 70.9 Å². The molecule has 0 radical (unpaired) electrons. The Kier molecular flexibility index (Phi) is 5.38. The monoisotopic (exact) mass is 474 g/mol. The standard InChI is InChI=1S/C28H31FN4O2/c1-28-12-10-18-17-4-3-5-23(29)19(17)6-7-20(18)26(28)21(22-15-31-33-27(22)28)8-9-25(34)32-24-14-16(35-2)11-13-30-24/h3-5,11,13-15,18,20-21,26H,6-10,12H2,1-2H3,(H,31,33)(H,30,32,34)/t18?,20?,21-,26?,28+/m1/s1. The van der Waals surface area contributed by atoms with Crippen LogP contribution in [0, 0.1) is 17.7 Å². The van der Waals surface area contributed by atoms with E-state index in [0.29, 0.717) is 35.7 Å². The third-order valence-electron chi connectivity index (χ3n) is 8.93. The van der Waals surface area contributed by atoms with Gasteiger partial charge in [-0.3, -0.25) is 9.89 Å². The van der Waals surface area contributed by atoms with E-state index < -0.39 is 0 Å². The molecule has 2 aromatic heterocycles. The normalized spacial score (nSPS) is 28.4. The van der Waals surface area contributed by atoms with E-state index in [1.54, 1.807) is 31.5 Å². The average Bonchev–Trinajstić information content (AvgIpc) is 3.44. The summed E-state index contributed by atoms with van der Waals surface area (Å²) >= 11 is 0. The summed E-state index contributed by atoms with van der Waals surface area (Å²) in [6.07, 6.45) is 8.68. The predicted octanol–water partition coefficient (Wildman–Crippen LogP) is 5.48. The first-order chi connectivity index (χ1) is 17.0. The van der Waals surface area contributed by atoms with E-state index in [4.69, 9.17) is 9.84 Å². The van der Waals surface area contributed by atoms with Gasteiger partial charge in [0.15, 0.2) is 0 Å². The van der Waals surface area contributed by atoms with Crippen molar-refractivity contribution in [3.63, 3.8) is 0 Å². The molecule has 3 aliphatic carbocycles. The molecule has 0 spiro atoms. The van der Waals surface area contributed by atoms with Gasteiger partial charge in [-0.2, -0.15) is 5.10 Å². The van der Waals surface area contributed by atoms with Crippen molar-refractivity contribution in [1.82, 2.24) is 15.2 Å². The van der Waals surface area contributed by atoms with E-state index in [-0.39, 0.29) is 23.1 Å². The summed E-state index contributed by atoms with van der Waals surface area (Å²) in [5.41, 5.74) is 4.53. The van der Waals surface area contributed by atoms with Crippen molar-refractivity contribution in [2.45, 2.75) is 62.7 Å². The first-order valence-corrected chi connectivity index (χ1v) is 12.6. The number of nitrogens with one attached hydrogen (secondary N) is 2. The minimum Gasteiger partial charge on any atom is -0.497 e. The van der Waals surface area contributed by atoms with Crippen molar-refractivity contribution in [3.8, 4) is 5.75 Å². The Labute approximate surface area is 204 Å². The number of rotatable bonds is 5. The smallest absolute Gasteiger partial charge is 0.225 e. The summed E-state index contributed by atoms with van der Waals surface area (Å²) in [5.74, 6) is 2.53. The first kappa shape index (κ1) is 22.3. The van der Waals surface area contributed by atoms with Gasteiger partial charge in [0, 0.05) is 30.3 Å². The molecule has 5 atom stereocenters. The lowest BCUT2D eigenvalue weighted by Crippen LogP contribution is -2.44. The Morgan fingerprint density at radius 3 is 3.03 bits per heavy atom. The van der Waals surface area contributed by atoms with Crippen LogP contribution in [0.1, 0.15) is 73.2 Å². The van der Waals surface area contributed by atoms with E-state index in [1.165, 1.54) is 16.8 Å². The number of aromatic nitrogens is 3. The van der Waals surface area contributed by atoms with Crippen LogP contribution in [0.2, 0.25) is 0 Å². The number of hydrogen-bond acceptors (Lipinski definition) is 4. The fourth-order valence-electron chi connectivity index (χ4n) is 7.51. The van der Waals surface area contributed by atoms with Crippen molar-refractivity contribution in [2.75, 3.05) is 12.4 Å². The Bertz CT molecular complexity index is 1270. The fourth-order valence-corrected chi connectivity index (χ4v) is 7.51. The van der Waals surface area contributed by atoms with Crippen LogP contribution in [0.3, 0.4) is 0 Å². The lowest BCUT2D eigenvalue weighted by Gasteiger charge is -2.50. The SMILES string of the molecule is COc1ccnc(NC(=O)CC[C@@H]2c3c[nH]nc3[C@@]3(C)CCC4c5cccc(F)c5CCC4C23)c1. The van der Waals surface area contributed by atoms with Crippen LogP contribution in [-0.2, 0) is 16.6 Å². The van der Waals surface area contributed by atoms with E-state index in [0.717, 1.165) is 37.7 Å². The van der Waals surface area contributed by atoms with Crippen molar-refractivity contribution in [1.29, 1.82) is 0 Å². The number of fused-ring (bicyclic) bond motifs is 7. The molecule has 3 aromatic rings. The maximum atomic E-state index is 14.6. The van der Waals surface area contributed by atoms with Crippen LogP contribution in [0.15, 0.2) is 42.7 Å². The van der Waals surface area contributed by atoms with Crippen LogP contribution in [0.5, 0.6) is 5.75 Å². The molecule has 2 N–H and O–H groups in total. The maximum absolute atomic E-state index is 14.6. The zero-order chi connectivity index (χ0) is 24.2. The lowest BCUT2D eigenvalue weighted by atomic mass is 9.53. The molecular formula is C28H31FN4O2. The number of carbonyl (C=O) groups excluding carboxylic acids is 1. The molecule has 0 aliphatic heterocycles. The molecule has 0 bridgehead atoms. The number of halogens is 1. The largest absolute Gasteiger partial charge is 0.497 e. The minimum atomic E-state index is -0.0618. The molecule has 1 amide bonds. The molecular weight excluding hydrogens is 443 g/mol. The van der Waals surface area contributed by atoms with Crippen molar-refractivity contribution >= 4 is 11.7 Å². The second-order valence-corrected chi connectivity index (χ2v) is 10.6. The number of nitrogens with zero attached hydrogens (tertiary/aromatic N) is 2. The van der Waals surface area contributed by atoms with Crippen molar-refractivity contribution < 1.29 is 13.9 Å². The fraction of sp³-hybridized carbons (Fsp3) is 0.464. The summed E-state index contributed by atoms with van der Waals surface area (Å²) in [4.78, 5) is 17.1. The van der Waals surface area contributed by atoms with Crippen LogP contribution < -0.4 is 10.1 Å². The van der Waals surface area contributed by atoms with E-state index in [9.17, 15) is 9.18 Å². The van der Waals surface area contributed by atoms with Crippen LogP contribution in [0.4, 0.5) is 10.2 Å². The Morgan fingerprint density at radius 2 is 2.17 bits per heavy atom. The van der Waals surface area contributed by atoms with Gasteiger partial charge in [0.05, 0.1) is 12.8 Å². The van der Waals surface area contributed by atoms with Crippen LogP contribution in [-0.4, -0.2) is 28.2 Å². The van der Waals surface area contributed by atoms with E-state index >= 15 is 0 Å². The molecule has 6 nitrogen and oxygen atoms in total. The van der Waals surface area contributed by atoms with Crippen molar-refractivity contribution in [2.24, 2.45) is 11.8 Å². The first-order valence-electron chi connectivity index (χ1n) is 12.6. The van der Waals surface area contributed by atoms with Gasteiger partial charge in [-0.05, 0) is 84.6 Å². The molecule has 1 aromatic carbocycles. The van der Waals surface area contributed by atoms with Crippen LogP contribution in [0.25, 0.3) is 0 Å². The number of ether oxygens (including phenoxy) is 1. The molecule has 1 saturated carbocycles. The second-order valence-electron chi connectivity index (χ2n) is 10.6. The van der Waals surface area contributed by atoms with Gasteiger partial charge >= 0.3 is 0 Å². The minimum absolute atomic E-state index is 0.0170. The highest BCUT2D eigenvalue weighted by atomic mass is 19.1. The number of anilines is 1. The van der Waals surface area contributed by atoms with Gasteiger partial charge in [-0.25, -0.2) is 9.37 Å². The molecule has 1 fully saturated rings. The lowest BCUT2D eigenvalue weighted by molar-refractivity contribution is -0.116. The summed E-state index contributed by atoms with van der Waals surface area (Å²) in [6.45, 7) is 2.36. The van der Waals surface area contributed by atoms with Gasteiger partial charge in [-0.15, -0.1) is 0 Å². The number of methoxy groups -OCH3 is 1. The van der Waals surface area contributed by atoms with Gasteiger partial charge < -0.3 is 10.1 Å². The molecule has 6 rings (SSSR count). The Balaban J connectivity index is 1.25. The zero-order valence-corrected chi connectivity index (χ0v) is 20.2. The molecule has 2 heterocycles. The van der Waals surface area contributed by atoms with E-state index in [2.05, 4.69) is 28.4 Å². The van der Waals surface area contributed by atoms with E-state index in [1.807, 2.05) is 12.3 Å². The molecule has 35 heavy (non-hydrogen) atoms. The maximum Gasteiger partial charge on any atom is 0.225 e. The Hall–Kier alpha value is -3.22. The molecule has 7 heteroatoms. The third kappa shape index (κ3) is 3.55. The number of benzene rings is 1. The summed E-state index contributed by atoms with van der Waals surface area (Å²) in [5, 5.41) is 10.7. The number of amides is 1. The highest BCUT2D eigenvalue weighted by molar-refractivity contribution is 5.89. The molecule has 3 unspecified atom stereocenters. The summed E-state index contributed by atoms with van der Waals surface area (Å²) < 4.78 is 19.8. The zero-order valence-electron chi connectivity index (χ0n) is 20.2. The molecule has 182 valence electrons. The second kappa shape index (κ2) is 8.47. The number of pyridine rings is 1. The Morgan fingerprint density at radius 1 is 1.29 bits per heavy atom. The molecule has 3 aliphatic rings. The number of carbonyl (C=O) groups is 1. The topological polar surface area (TPSA) is 79.9 Å². The van der Waals surface area contributed by atoms with Gasteiger partial charge in [0.1, 0.15) is 17.4 Å².